The van der Waals surface area contributed by atoms with Crippen molar-refractivity contribution in [2.45, 2.75) is 44.4 Å². The molecule has 0 spiro atoms. The molecule has 0 bridgehead atoms. The molecule has 1 saturated heterocycles. The predicted octanol–water partition coefficient (Wildman–Crippen LogP) is 3.18. The van der Waals surface area contributed by atoms with Crippen LogP contribution in [-0.4, -0.2) is 26.8 Å². The predicted molar refractivity (Wildman–Crippen MR) is 82.5 cm³/mol. The topological polar surface area (TPSA) is 46.9 Å². The van der Waals surface area contributed by atoms with E-state index < -0.39 is 0 Å². The molecule has 1 aliphatic heterocycles. The highest BCUT2D eigenvalue weighted by atomic mass is 35.5. The summed E-state index contributed by atoms with van der Waals surface area (Å²) in [5, 5.41) is 7.66. The normalized spacial score (nSPS) is 23.0. The van der Waals surface area contributed by atoms with Crippen molar-refractivity contribution in [1.82, 2.24) is 9.78 Å². The van der Waals surface area contributed by atoms with Gasteiger partial charge in [-0.1, -0.05) is 11.6 Å². The molecular formula is C13H20ClN3OS. The van der Waals surface area contributed by atoms with E-state index in [1.807, 2.05) is 25.6 Å². The van der Waals surface area contributed by atoms with Gasteiger partial charge in [0.2, 0.25) is 0 Å². The summed E-state index contributed by atoms with van der Waals surface area (Å²) in [6, 6.07) is 0.0157. The van der Waals surface area contributed by atoms with Gasteiger partial charge >= 0.3 is 0 Å². The SMILES string of the molecule is CC(C)n1ncc(NCC2(C)CCCS2)c(Cl)c1=O. The highest BCUT2D eigenvalue weighted by Gasteiger charge is 2.29. The van der Waals surface area contributed by atoms with Crippen LogP contribution >= 0.6 is 23.4 Å². The molecular weight excluding hydrogens is 282 g/mol. The Kier molecular flexibility index (Phi) is 4.46. The Bertz CT molecular complexity index is 509. The van der Waals surface area contributed by atoms with Crippen molar-refractivity contribution in [2.24, 2.45) is 0 Å². The molecule has 1 aromatic rings. The fourth-order valence-electron chi connectivity index (χ4n) is 2.19. The molecule has 6 heteroatoms. The zero-order chi connectivity index (χ0) is 14.0. The number of hydrogen-bond donors (Lipinski definition) is 1. The maximum atomic E-state index is 12.0. The second-order valence-electron chi connectivity index (χ2n) is 5.47. The molecule has 2 rings (SSSR count). The van der Waals surface area contributed by atoms with E-state index in [2.05, 4.69) is 17.3 Å². The van der Waals surface area contributed by atoms with Crippen LogP contribution in [0.2, 0.25) is 5.02 Å². The quantitative estimate of drug-likeness (QED) is 0.928. The zero-order valence-corrected chi connectivity index (χ0v) is 13.1. The van der Waals surface area contributed by atoms with Crippen molar-refractivity contribution < 1.29 is 0 Å². The Morgan fingerprint density at radius 3 is 2.95 bits per heavy atom. The van der Waals surface area contributed by atoms with Gasteiger partial charge in [-0.25, -0.2) is 4.68 Å². The molecule has 1 unspecified atom stereocenters. The third-order valence-electron chi connectivity index (χ3n) is 3.39. The van der Waals surface area contributed by atoms with Crippen LogP contribution in [0.5, 0.6) is 0 Å². The van der Waals surface area contributed by atoms with Gasteiger partial charge in [-0.3, -0.25) is 4.79 Å². The molecule has 106 valence electrons. The van der Waals surface area contributed by atoms with Gasteiger partial charge < -0.3 is 5.32 Å². The number of anilines is 1. The molecule has 1 N–H and O–H groups in total. The van der Waals surface area contributed by atoms with Crippen LogP contribution in [0.1, 0.15) is 39.7 Å². The summed E-state index contributed by atoms with van der Waals surface area (Å²) < 4.78 is 1.63. The summed E-state index contributed by atoms with van der Waals surface area (Å²) >= 11 is 8.10. The minimum atomic E-state index is -0.231. The van der Waals surface area contributed by atoms with E-state index in [1.165, 1.54) is 23.3 Å². The molecule has 1 fully saturated rings. The molecule has 4 nitrogen and oxygen atoms in total. The highest BCUT2D eigenvalue weighted by Crippen LogP contribution is 2.37. The summed E-state index contributed by atoms with van der Waals surface area (Å²) in [6.07, 6.45) is 4.09. The summed E-state index contributed by atoms with van der Waals surface area (Å²) in [5.74, 6) is 1.21. The third kappa shape index (κ3) is 3.26. The Balaban J connectivity index is 2.13. The largest absolute Gasteiger partial charge is 0.381 e. The maximum absolute atomic E-state index is 12.0. The second kappa shape index (κ2) is 5.75. The molecule has 0 radical (unpaired) electrons. The lowest BCUT2D eigenvalue weighted by Crippen LogP contribution is -2.30. The summed E-state index contributed by atoms with van der Waals surface area (Å²) in [7, 11) is 0. The molecule has 0 amide bonds. The molecule has 1 aliphatic rings. The third-order valence-corrected chi connectivity index (χ3v) is 5.29. The number of halogens is 1. The smallest absolute Gasteiger partial charge is 0.287 e. The first-order chi connectivity index (χ1) is 8.93. The van der Waals surface area contributed by atoms with E-state index in [4.69, 9.17) is 11.6 Å². The number of thioether (sulfide) groups is 1. The van der Waals surface area contributed by atoms with Crippen molar-refractivity contribution in [2.75, 3.05) is 17.6 Å². The Morgan fingerprint density at radius 1 is 1.63 bits per heavy atom. The van der Waals surface area contributed by atoms with Crippen molar-refractivity contribution >= 4 is 29.1 Å². The maximum Gasteiger partial charge on any atom is 0.287 e. The van der Waals surface area contributed by atoms with E-state index in [-0.39, 0.29) is 21.4 Å². The number of nitrogens with zero attached hydrogens (tertiary/aromatic N) is 2. The van der Waals surface area contributed by atoms with Crippen LogP contribution < -0.4 is 10.9 Å². The summed E-state index contributed by atoms with van der Waals surface area (Å²) in [5.41, 5.74) is 0.406. The number of rotatable bonds is 4. The molecule has 0 aromatic carbocycles. The van der Waals surface area contributed by atoms with Gasteiger partial charge in [0.05, 0.1) is 17.9 Å². The van der Waals surface area contributed by atoms with Crippen molar-refractivity contribution in [3.63, 3.8) is 0 Å². The fourth-order valence-corrected chi connectivity index (χ4v) is 3.64. The van der Waals surface area contributed by atoms with Gasteiger partial charge in [-0.05, 0) is 39.4 Å². The van der Waals surface area contributed by atoms with Crippen molar-refractivity contribution in [3.05, 3.63) is 21.6 Å². The summed E-state index contributed by atoms with van der Waals surface area (Å²) in [4.78, 5) is 12.0. The minimum Gasteiger partial charge on any atom is -0.381 e. The molecule has 1 aromatic heterocycles. The van der Waals surface area contributed by atoms with Gasteiger partial charge in [-0.15, -0.1) is 0 Å². The monoisotopic (exact) mass is 301 g/mol. The van der Waals surface area contributed by atoms with Gasteiger partial charge in [-0.2, -0.15) is 16.9 Å². The van der Waals surface area contributed by atoms with Gasteiger partial charge in [0, 0.05) is 11.3 Å². The Morgan fingerprint density at radius 2 is 2.37 bits per heavy atom. The van der Waals surface area contributed by atoms with E-state index in [9.17, 15) is 4.79 Å². The Hall–Kier alpha value is -0.680. The lowest BCUT2D eigenvalue weighted by Gasteiger charge is -2.23. The van der Waals surface area contributed by atoms with Crippen LogP contribution in [0.15, 0.2) is 11.0 Å². The molecule has 2 heterocycles. The first-order valence-corrected chi connectivity index (χ1v) is 7.94. The van der Waals surface area contributed by atoms with Gasteiger partial charge in [0.25, 0.3) is 5.56 Å². The fraction of sp³-hybridized carbons (Fsp3) is 0.692. The molecule has 1 atom stereocenters. The first kappa shape index (κ1) is 14.7. The average Bonchev–Trinajstić information content (AvgIpc) is 2.78. The minimum absolute atomic E-state index is 0.0157. The second-order valence-corrected chi connectivity index (χ2v) is 7.53. The van der Waals surface area contributed by atoms with E-state index in [0.717, 1.165) is 6.54 Å². The number of aromatic nitrogens is 2. The molecule has 19 heavy (non-hydrogen) atoms. The van der Waals surface area contributed by atoms with Crippen LogP contribution in [0.25, 0.3) is 0 Å². The Labute approximate surface area is 122 Å². The van der Waals surface area contributed by atoms with Crippen molar-refractivity contribution in [3.8, 4) is 0 Å². The summed E-state index contributed by atoms with van der Waals surface area (Å²) in [6.45, 7) is 6.88. The van der Waals surface area contributed by atoms with Crippen LogP contribution in [0.4, 0.5) is 5.69 Å². The van der Waals surface area contributed by atoms with Gasteiger partial charge in [0.1, 0.15) is 5.02 Å². The van der Waals surface area contributed by atoms with Crippen LogP contribution in [-0.2, 0) is 0 Å². The molecule has 0 saturated carbocycles. The zero-order valence-electron chi connectivity index (χ0n) is 11.6. The average molecular weight is 302 g/mol. The lowest BCUT2D eigenvalue weighted by atomic mass is 10.1. The van der Waals surface area contributed by atoms with E-state index in [1.54, 1.807) is 6.20 Å². The highest BCUT2D eigenvalue weighted by molar-refractivity contribution is 8.00. The standard InChI is InChI=1S/C13H20ClN3OS/c1-9(2)17-12(18)11(14)10(7-16-17)15-8-13(3)5-4-6-19-13/h7,9,15H,4-6,8H2,1-3H3. The molecule has 0 aliphatic carbocycles. The van der Waals surface area contributed by atoms with Crippen molar-refractivity contribution in [1.29, 1.82) is 0 Å². The first-order valence-electron chi connectivity index (χ1n) is 6.58. The van der Waals surface area contributed by atoms with Crippen LogP contribution in [0, 0.1) is 0 Å². The van der Waals surface area contributed by atoms with E-state index in [0.29, 0.717) is 5.69 Å². The van der Waals surface area contributed by atoms with Gasteiger partial charge in [0.15, 0.2) is 0 Å². The van der Waals surface area contributed by atoms with Crippen LogP contribution in [0.3, 0.4) is 0 Å². The van der Waals surface area contributed by atoms with E-state index >= 15 is 0 Å². The lowest BCUT2D eigenvalue weighted by molar-refractivity contribution is 0.503. The number of nitrogens with one attached hydrogen (secondary N) is 1. The number of hydrogen-bond acceptors (Lipinski definition) is 4.